The topological polar surface area (TPSA) is 81.7 Å². The highest BCUT2D eigenvalue weighted by atomic mass is 35.5. The van der Waals surface area contributed by atoms with Gasteiger partial charge in [0.1, 0.15) is 6.04 Å². The number of carbonyl (C=O) groups is 2. The van der Waals surface area contributed by atoms with E-state index in [0.717, 1.165) is 32.0 Å². The number of piperidine rings is 1. The van der Waals surface area contributed by atoms with Crippen molar-refractivity contribution in [3.8, 4) is 0 Å². The first-order valence-electron chi connectivity index (χ1n) is 10.6. The van der Waals surface area contributed by atoms with Gasteiger partial charge in [0, 0.05) is 18.7 Å². The van der Waals surface area contributed by atoms with Gasteiger partial charge < -0.3 is 15.7 Å². The van der Waals surface area contributed by atoms with Gasteiger partial charge in [-0.3, -0.25) is 14.5 Å². The van der Waals surface area contributed by atoms with Crippen molar-refractivity contribution in [1.29, 1.82) is 0 Å². The Kier molecular flexibility index (Phi) is 9.02. The van der Waals surface area contributed by atoms with Crippen LogP contribution in [0.1, 0.15) is 28.8 Å². The first-order valence-corrected chi connectivity index (χ1v) is 11.3. The molecule has 2 amide bonds. The molecular weight excluding hydrogens is 475 g/mol. The Morgan fingerprint density at radius 2 is 1.79 bits per heavy atom. The normalized spacial score (nSPS) is 15.8. The first-order chi connectivity index (χ1) is 15.8. The van der Waals surface area contributed by atoms with Crippen molar-refractivity contribution >= 4 is 35.0 Å². The number of aliphatic hydroxyl groups excluding tert-OH is 1. The van der Waals surface area contributed by atoms with Gasteiger partial charge in [-0.05, 0) is 67.7 Å². The van der Waals surface area contributed by atoms with Crippen LogP contribution in [0.5, 0.6) is 0 Å². The maximum atomic E-state index is 13.4. The van der Waals surface area contributed by atoms with Gasteiger partial charge >= 0.3 is 0 Å². The molecule has 1 atom stereocenters. The van der Waals surface area contributed by atoms with Crippen LogP contribution in [0, 0.1) is 17.6 Å². The summed E-state index contributed by atoms with van der Waals surface area (Å²) in [6.07, 6.45) is 1.65. The molecular formula is C23H25Cl2F2N3O3. The molecule has 10 heteroatoms. The van der Waals surface area contributed by atoms with E-state index < -0.39 is 36.1 Å². The quantitative estimate of drug-likeness (QED) is 0.519. The van der Waals surface area contributed by atoms with E-state index >= 15 is 0 Å². The molecule has 0 saturated carbocycles. The summed E-state index contributed by atoms with van der Waals surface area (Å²) in [5, 5.41) is 15.4. The van der Waals surface area contributed by atoms with Crippen LogP contribution in [-0.2, 0) is 11.3 Å². The molecule has 6 nitrogen and oxygen atoms in total. The molecule has 2 aromatic carbocycles. The summed E-state index contributed by atoms with van der Waals surface area (Å²) in [5.74, 6) is -2.50. The molecule has 178 valence electrons. The fraction of sp³-hybridized carbons (Fsp3) is 0.391. The van der Waals surface area contributed by atoms with E-state index in [4.69, 9.17) is 23.2 Å². The highest BCUT2D eigenvalue weighted by molar-refractivity contribution is 6.42. The van der Waals surface area contributed by atoms with Gasteiger partial charge in [0.2, 0.25) is 5.91 Å². The standard InChI is InChI=1S/C23H25Cl2F2N3O3/c24-17-3-2-16(10-18(17)25)22(32)29-21(13-31)23(33)28-11-14-5-7-30(8-6-14)12-15-1-4-19(26)20(27)9-15/h1-4,9-10,14,21,31H,5-8,11-13H2,(H,28,33)(H,29,32)/t21-/m0/s1. The van der Waals surface area contributed by atoms with Crippen LogP contribution in [-0.4, -0.2) is 54.1 Å². The number of amides is 2. The van der Waals surface area contributed by atoms with E-state index in [1.807, 2.05) is 0 Å². The number of nitrogens with one attached hydrogen (secondary N) is 2. The maximum absolute atomic E-state index is 13.4. The monoisotopic (exact) mass is 499 g/mol. The van der Waals surface area contributed by atoms with Gasteiger partial charge in [-0.1, -0.05) is 29.3 Å². The molecule has 1 heterocycles. The van der Waals surface area contributed by atoms with E-state index in [1.165, 1.54) is 24.3 Å². The molecule has 1 aliphatic rings. The highest BCUT2D eigenvalue weighted by Crippen LogP contribution is 2.23. The molecule has 0 unspecified atom stereocenters. The summed E-state index contributed by atoms with van der Waals surface area (Å²) in [6, 6.07) is 7.16. The molecule has 0 aromatic heterocycles. The fourth-order valence-corrected chi connectivity index (χ4v) is 3.98. The van der Waals surface area contributed by atoms with E-state index in [0.29, 0.717) is 23.7 Å². The summed E-state index contributed by atoms with van der Waals surface area (Å²) in [7, 11) is 0. The van der Waals surface area contributed by atoms with Gasteiger partial charge in [0.15, 0.2) is 11.6 Å². The third-order valence-corrected chi connectivity index (χ3v) is 6.39. The smallest absolute Gasteiger partial charge is 0.252 e. The lowest BCUT2D eigenvalue weighted by Crippen LogP contribution is -2.50. The minimum Gasteiger partial charge on any atom is -0.394 e. The molecule has 0 aliphatic carbocycles. The Labute approximate surface area is 200 Å². The Balaban J connectivity index is 1.43. The van der Waals surface area contributed by atoms with Crippen molar-refractivity contribution in [2.75, 3.05) is 26.2 Å². The van der Waals surface area contributed by atoms with Crippen molar-refractivity contribution in [2.45, 2.75) is 25.4 Å². The molecule has 0 spiro atoms. The van der Waals surface area contributed by atoms with E-state index in [2.05, 4.69) is 15.5 Å². The molecule has 1 fully saturated rings. The average Bonchev–Trinajstić information content (AvgIpc) is 2.80. The predicted octanol–water partition coefficient (Wildman–Crippen LogP) is 3.39. The van der Waals surface area contributed by atoms with Crippen LogP contribution >= 0.6 is 23.2 Å². The largest absolute Gasteiger partial charge is 0.394 e. The highest BCUT2D eigenvalue weighted by Gasteiger charge is 2.24. The molecule has 1 aliphatic heterocycles. The van der Waals surface area contributed by atoms with E-state index in [1.54, 1.807) is 6.07 Å². The number of benzene rings is 2. The van der Waals surface area contributed by atoms with Crippen LogP contribution < -0.4 is 10.6 Å². The zero-order chi connectivity index (χ0) is 24.0. The number of hydrogen-bond donors (Lipinski definition) is 3. The van der Waals surface area contributed by atoms with Crippen molar-refractivity contribution in [3.05, 3.63) is 69.2 Å². The zero-order valence-corrected chi connectivity index (χ0v) is 19.3. The zero-order valence-electron chi connectivity index (χ0n) is 17.8. The second-order valence-corrected chi connectivity index (χ2v) is 8.87. The third-order valence-electron chi connectivity index (χ3n) is 5.65. The minimum absolute atomic E-state index is 0.213. The summed E-state index contributed by atoms with van der Waals surface area (Å²) in [5.41, 5.74) is 0.938. The predicted molar refractivity (Wildman–Crippen MR) is 122 cm³/mol. The Morgan fingerprint density at radius 1 is 1.06 bits per heavy atom. The van der Waals surface area contributed by atoms with E-state index in [9.17, 15) is 23.5 Å². The van der Waals surface area contributed by atoms with Crippen molar-refractivity contribution < 1.29 is 23.5 Å². The van der Waals surface area contributed by atoms with Crippen LogP contribution in [0.15, 0.2) is 36.4 Å². The molecule has 0 radical (unpaired) electrons. The first kappa shape index (κ1) is 25.4. The van der Waals surface area contributed by atoms with Crippen molar-refractivity contribution in [3.63, 3.8) is 0 Å². The summed E-state index contributed by atoms with van der Waals surface area (Å²) in [6.45, 7) is 1.92. The van der Waals surface area contributed by atoms with Gasteiger partial charge in [-0.2, -0.15) is 0 Å². The molecule has 3 rings (SSSR count). The van der Waals surface area contributed by atoms with Crippen LogP contribution in [0.4, 0.5) is 8.78 Å². The molecule has 3 N–H and O–H groups in total. The number of aliphatic hydroxyl groups is 1. The average molecular weight is 500 g/mol. The second-order valence-electron chi connectivity index (χ2n) is 8.05. The van der Waals surface area contributed by atoms with Gasteiger partial charge in [-0.15, -0.1) is 0 Å². The number of carbonyl (C=O) groups excluding carboxylic acids is 2. The molecule has 33 heavy (non-hydrogen) atoms. The number of likely N-dealkylation sites (tertiary alicyclic amines) is 1. The Hall–Kier alpha value is -2.26. The number of hydrogen-bond acceptors (Lipinski definition) is 4. The fourth-order valence-electron chi connectivity index (χ4n) is 3.69. The van der Waals surface area contributed by atoms with Crippen molar-refractivity contribution in [2.24, 2.45) is 5.92 Å². The lowest BCUT2D eigenvalue weighted by atomic mass is 9.96. The lowest BCUT2D eigenvalue weighted by molar-refractivity contribution is -0.124. The number of halogens is 4. The van der Waals surface area contributed by atoms with Gasteiger partial charge in [-0.25, -0.2) is 8.78 Å². The van der Waals surface area contributed by atoms with Crippen LogP contribution in [0.25, 0.3) is 0 Å². The lowest BCUT2D eigenvalue weighted by Gasteiger charge is -2.32. The molecule has 2 aromatic rings. The second kappa shape index (κ2) is 11.7. The molecule has 0 bridgehead atoms. The Bertz CT molecular complexity index is 1000. The van der Waals surface area contributed by atoms with Gasteiger partial charge in [0.05, 0.1) is 16.7 Å². The van der Waals surface area contributed by atoms with Crippen LogP contribution in [0.2, 0.25) is 10.0 Å². The number of nitrogens with zero attached hydrogens (tertiary/aromatic N) is 1. The van der Waals surface area contributed by atoms with Crippen LogP contribution in [0.3, 0.4) is 0 Å². The molecule has 1 saturated heterocycles. The van der Waals surface area contributed by atoms with Crippen molar-refractivity contribution in [1.82, 2.24) is 15.5 Å². The van der Waals surface area contributed by atoms with Gasteiger partial charge in [0.25, 0.3) is 5.91 Å². The number of rotatable bonds is 8. The Morgan fingerprint density at radius 3 is 2.42 bits per heavy atom. The maximum Gasteiger partial charge on any atom is 0.252 e. The summed E-state index contributed by atoms with van der Waals surface area (Å²) < 4.78 is 26.5. The summed E-state index contributed by atoms with van der Waals surface area (Å²) >= 11 is 11.8. The summed E-state index contributed by atoms with van der Waals surface area (Å²) in [4.78, 5) is 27.0. The SMILES string of the molecule is O=C(N[C@@H](CO)C(=O)NCC1CCN(Cc2ccc(F)c(F)c2)CC1)c1ccc(Cl)c(Cl)c1. The minimum atomic E-state index is -1.10. The van der Waals surface area contributed by atoms with E-state index in [-0.39, 0.29) is 16.5 Å². The third kappa shape index (κ3) is 7.11.